The van der Waals surface area contributed by atoms with Crippen molar-refractivity contribution in [3.05, 3.63) is 42.2 Å². The molecule has 0 saturated carbocycles. The highest BCUT2D eigenvalue weighted by Gasteiger charge is 2.32. The number of H-pyrrole nitrogens is 1. The number of aryl methyl sites for hydroxylation is 1. The van der Waals surface area contributed by atoms with Gasteiger partial charge in [0.2, 0.25) is 5.91 Å². The van der Waals surface area contributed by atoms with Gasteiger partial charge in [-0.15, -0.1) is 0 Å². The number of fused-ring (bicyclic) bond motifs is 1. The molecule has 0 radical (unpaired) electrons. The van der Waals surface area contributed by atoms with Gasteiger partial charge in [-0.1, -0.05) is 25.6 Å². The van der Waals surface area contributed by atoms with Crippen molar-refractivity contribution >= 4 is 22.8 Å². The van der Waals surface area contributed by atoms with Gasteiger partial charge in [-0.2, -0.15) is 0 Å². The standard InChI is InChI=1S/C18H22N4O2/c1-4-13-11-21(15(23)5-2)9-10-22(13)18(24)17-19-14-8-6-7-12(3)16(14)20-17/h5-8,13H,2,4,9-11H2,1,3H3,(H,19,20). The van der Waals surface area contributed by atoms with Crippen molar-refractivity contribution in [1.82, 2.24) is 19.8 Å². The van der Waals surface area contributed by atoms with E-state index in [0.717, 1.165) is 23.0 Å². The molecule has 1 N–H and O–H groups in total. The number of carbonyl (C=O) groups excluding carboxylic acids is 2. The molecular formula is C18H22N4O2. The van der Waals surface area contributed by atoms with Crippen LogP contribution in [0, 0.1) is 6.92 Å². The van der Waals surface area contributed by atoms with Gasteiger partial charge in [0, 0.05) is 25.7 Å². The Kier molecular flexibility index (Phi) is 4.38. The molecule has 2 amide bonds. The largest absolute Gasteiger partial charge is 0.335 e. The number of amides is 2. The Morgan fingerprint density at radius 2 is 2.21 bits per heavy atom. The summed E-state index contributed by atoms with van der Waals surface area (Å²) in [5.41, 5.74) is 2.73. The molecule has 2 heterocycles. The first kappa shape index (κ1) is 16.2. The molecule has 2 aromatic rings. The minimum absolute atomic E-state index is 0.00976. The van der Waals surface area contributed by atoms with E-state index in [0.29, 0.717) is 25.5 Å². The molecule has 6 nitrogen and oxygen atoms in total. The quantitative estimate of drug-likeness (QED) is 0.879. The van der Waals surface area contributed by atoms with Crippen molar-refractivity contribution in [1.29, 1.82) is 0 Å². The Bertz CT molecular complexity index is 795. The fourth-order valence-corrected chi connectivity index (χ4v) is 3.21. The summed E-state index contributed by atoms with van der Waals surface area (Å²) < 4.78 is 0. The maximum absolute atomic E-state index is 12.9. The van der Waals surface area contributed by atoms with Gasteiger partial charge >= 0.3 is 0 Å². The zero-order valence-electron chi connectivity index (χ0n) is 14.1. The Morgan fingerprint density at radius 1 is 1.42 bits per heavy atom. The Morgan fingerprint density at radius 3 is 2.88 bits per heavy atom. The smallest absolute Gasteiger partial charge is 0.290 e. The Labute approximate surface area is 141 Å². The monoisotopic (exact) mass is 326 g/mol. The second kappa shape index (κ2) is 6.47. The number of carbonyl (C=O) groups is 2. The highest BCUT2D eigenvalue weighted by Crippen LogP contribution is 2.19. The number of aromatic amines is 1. The molecule has 1 atom stereocenters. The summed E-state index contributed by atoms with van der Waals surface area (Å²) in [5.74, 6) is 0.171. The lowest BCUT2D eigenvalue weighted by molar-refractivity contribution is -0.128. The number of hydrogen-bond acceptors (Lipinski definition) is 3. The van der Waals surface area contributed by atoms with Crippen LogP contribution >= 0.6 is 0 Å². The first-order valence-electron chi connectivity index (χ1n) is 8.22. The molecule has 3 rings (SSSR count). The van der Waals surface area contributed by atoms with Crippen molar-refractivity contribution in [3.8, 4) is 0 Å². The summed E-state index contributed by atoms with van der Waals surface area (Å²) in [4.78, 5) is 35.9. The van der Waals surface area contributed by atoms with Crippen LogP contribution in [0.4, 0.5) is 0 Å². The normalized spacial score (nSPS) is 18.0. The van der Waals surface area contributed by atoms with E-state index in [9.17, 15) is 9.59 Å². The van der Waals surface area contributed by atoms with Crippen LogP contribution in [-0.2, 0) is 4.79 Å². The van der Waals surface area contributed by atoms with Crippen molar-refractivity contribution in [2.75, 3.05) is 19.6 Å². The van der Waals surface area contributed by atoms with Crippen molar-refractivity contribution in [2.24, 2.45) is 0 Å². The number of piperazine rings is 1. The van der Waals surface area contributed by atoms with Gasteiger partial charge in [0.15, 0.2) is 5.82 Å². The zero-order valence-corrected chi connectivity index (χ0v) is 14.1. The van der Waals surface area contributed by atoms with Crippen LogP contribution in [0.2, 0.25) is 0 Å². The van der Waals surface area contributed by atoms with E-state index in [4.69, 9.17) is 0 Å². The molecule has 1 aliphatic rings. The average molecular weight is 326 g/mol. The van der Waals surface area contributed by atoms with E-state index in [-0.39, 0.29) is 17.9 Å². The van der Waals surface area contributed by atoms with Crippen LogP contribution in [0.25, 0.3) is 11.0 Å². The lowest BCUT2D eigenvalue weighted by atomic mass is 10.1. The van der Waals surface area contributed by atoms with Gasteiger partial charge in [0.25, 0.3) is 5.91 Å². The van der Waals surface area contributed by atoms with Crippen LogP contribution in [0.1, 0.15) is 29.5 Å². The molecule has 1 unspecified atom stereocenters. The van der Waals surface area contributed by atoms with E-state index in [1.807, 2.05) is 36.9 Å². The first-order valence-corrected chi connectivity index (χ1v) is 8.22. The summed E-state index contributed by atoms with van der Waals surface area (Å²) in [5, 5.41) is 0. The van der Waals surface area contributed by atoms with Crippen LogP contribution in [-0.4, -0.2) is 57.3 Å². The van der Waals surface area contributed by atoms with Gasteiger partial charge in [-0.25, -0.2) is 4.98 Å². The molecule has 0 aliphatic carbocycles. The molecule has 1 aromatic carbocycles. The Hall–Kier alpha value is -2.63. The van der Waals surface area contributed by atoms with Gasteiger partial charge in [-0.05, 0) is 31.1 Å². The van der Waals surface area contributed by atoms with Gasteiger partial charge in [0.05, 0.1) is 11.0 Å². The van der Waals surface area contributed by atoms with E-state index in [1.165, 1.54) is 6.08 Å². The number of benzene rings is 1. The number of para-hydroxylation sites is 1. The summed E-state index contributed by atoms with van der Waals surface area (Å²) in [6.45, 7) is 9.10. The van der Waals surface area contributed by atoms with Crippen molar-refractivity contribution in [2.45, 2.75) is 26.3 Å². The summed E-state index contributed by atoms with van der Waals surface area (Å²) in [7, 11) is 0. The van der Waals surface area contributed by atoms with Crippen molar-refractivity contribution < 1.29 is 9.59 Å². The minimum Gasteiger partial charge on any atom is -0.335 e. The summed E-state index contributed by atoms with van der Waals surface area (Å²) in [6.07, 6.45) is 2.11. The number of aromatic nitrogens is 2. The van der Waals surface area contributed by atoms with E-state index >= 15 is 0 Å². The third-order valence-electron chi connectivity index (χ3n) is 4.62. The number of imidazole rings is 1. The maximum Gasteiger partial charge on any atom is 0.290 e. The highest BCUT2D eigenvalue weighted by atomic mass is 16.2. The van der Waals surface area contributed by atoms with E-state index in [1.54, 1.807) is 4.90 Å². The summed E-state index contributed by atoms with van der Waals surface area (Å²) >= 11 is 0. The SMILES string of the molecule is C=CC(=O)N1CCN(C(=O)c2nc3c(C)cccc3[nH]2)C(CC)C1. The highest BCUT2D eigenvalue weighted by molar-refractivity contribution is 5.95. The molecular weight excluding hydrogens is 304 g/mol. The van der Waals surface area contributed by atoms with Gasteiger partial charge in [-0.3, -0.25) is 9.59 Å². The molecule has 1 aliphatic heterocycles. The zero-order chi connectivity index (χ0) is 17.3. The molecule has 24 heavy (non-hydrogen) atoms. The fraction of sp³-hybridized carbons (Fsp3) is 0.389. The van der Waals surface area contributed by atoms with Crippen molar-refractivity contribution in [3.63, 3.8) is 0 Å². The first-order chi connectivity index (χ1) is 11.5. The predicted octanol–water partition coefficient (Wildman–Crippen LogP) is 2.12. The topological polar surface area (TPSA) is 69.3 Å². The average Bonchev–Trinajstić information content (AvgIpc) is 3.05. The van der Waals surface area contributed by atoms with E-state index in [2.05, 4.69) is 16.5 Å². The number of rotatable bonds is 3. The molecule has 0 bridgehead atoms. The molecule has 126 valence electrons. The lowest BCUT2D eigenvalue weighted by Gasteiger charge is -2.40. The molecule has 1 fully saturated rings. The van der Waals surface area contributed by atoms with Crippen LogP contribution in [0.5, 0.6) is 0 Å². The van der Waals surface area contributed by atoms with Gasteiger partial charge < -0.3 is 14.8 Å². The van der Waals surface area contributed by atoms with Gasteiger partial charge in [0.1, 0.15) is 0 Å². The Balaban J connectivity index is 1.84. The third-order valence-corrected chi connectivity index (χ3v) is 4.62. The van der Waals surface area contributed by atoms with Crippen LogP contribution in [0.15, 0.2) is 30.9 Å². The fourth-order valence-electron chi connectivity index (χ4n) is 3.21. The maximum atomic E-state index is 12.9. The number of nitrogens with zero attached hydrogens (tertiary/aromatic N) is 3. The second-order valence-corrected chi connectivity index (χ2v) is 6.11. The lowest BCUT2D eigenvalue weighted by Crippen LogP contribution is -2.56. The molecule has 0 spiro atoms. The minimum atomic E-state index is -0.108. The molecule has 1 aromatic heterocycles. The number of nitrogens with one attached hydrogen (secondary N) is 1. The third kappa shape index (κ3) is 2.79. The van der Waals surface area contributed by atoms with E-state index < -0.39 is 0 Å². The number of hydrogen-bond donors (Lipinski definition) is 1. The van der Waals surface area contributed by atoms with Crippen LogP contribution < -0.4 is 0 Å². The molecule has 6 heteroatoms. The second-order valence-electron chi connectivity index (χ2n) is 6.11. The van der Waals surface area contributed by atoms with Crippen LogP contribution in [0.3, 0.4) is 0 Å². The summed E-state index contributed by atoms with van der Waals surface area (Å²) in [6, 6.07) is 5.83. The predicted molar refractivity (Wildman–Crippen MR) is 92.7 cm³/mol. The molecule has 1 saturated heterocycles.